The van der Waals surface area contributed by atoms with Gasteiger partial charge in [0.05, 0.1) is 0 Å². The second-order valence-electron chi connectivity index (χ2n) is 5.20. The summed E-state index contributed by atoms with van der Waals surface area (Å²) < 4.78 is 19.4. The van der Waals surface area contributed by atoms with Crippen molar-refractivity contribution in [2.45, 2.75) is 6.54 Å². The van der Waals surface area contributed by atoms with Gasteiger partial charge in [-0.25, -0.2) is 4.39 Å². The molecular weight excluding hydrogens is 363 g/mol. The van der Waals surface area contributed by atoms with Crippen LogP contribution >= 0.6 is 15.9 Å². The van der Waals surface area contributed by atoms with Gasteiger partial charge in [0, 0.05) is 30.8 Å². The third-order valence-electron chi connectivity index (χ3n) is 3.20. The van der Waals surface area contributed by atoms with Gasteiger partial charge in [-0.3, -0.25) is 4.79 Å². The van der Waals surface area contributed by atoms with Crippen LogP contribution in [0.2, 0.25) is 0 Å². The summed E-state index contributed by atoms with van der Waals surface area (Å²) in [7, 11) is 3.94. The fourth-order valence-electron chi connectivity index (χ4n) is 1.90. The van der Waals surface area contributed by atoms with Crippen molar-refractivity contribution in [2.75, 3.05) is 25.6 Å². The van der Waals surface area contributed by atoms with Gasteiger partial charge in [-0.2, -0.15) is 0 Å². The number of hydrogen-bond donors (Lipinski definition) is 1. The molecule has 0 radical (unpaired) electrons. The minimum atomic E-state index is -0.508. The van der Waals surface area contributed by atoms with Crippen LogP contribution in [0, 0.1) is 5.82 Å². The Labute approximate surface area is 143 Å². The fraction of sp³-hybridized carbons (Fsp3) is 0.235. The lowest BCUT2D eigenvalue weighted by atomic mass is 10.2. The van der Waals surface area contributed by atoms with Crippen LogP contribution in [0.5, 0.6) is 5.75 Å². The molecule has 0 atom stereocenters. The maximum Gasteiger partial charge on any atom is 0.258 e. The Hall–Kier alpha value is -2.08. The zero-order chi connectivity index (χ0) is 16.8. The first-order chi connectivity index (χ1) is 11.0. The molecule has 0 saturated carbocycles. The van der Waals surface area contributed by atoms with Gasteiger partial charge >= 0.3 is 0 Å². The van der Waals surface area contributed by atoms with E-state index in [1.807, 2.05) is 43.3 Å². The van der Waals surface area contributed by atoms with Gasteiger partial charge in [0.2, 0.25) is 0 Å². The first-order valence-corrected chi connectivity index (χ1v) is 7.86. The Balaban J connectivity index is 1.80. The van der Waals surface area contributed by atoms with Gasteiger partial charge < -0.3 is 15.0 Å². The Kier molecular flexibility index (Phi) is 5.98. The van der Waals surface area contributed by atoms with E-state index in [2.05, 4.69) is 21.2 Å². The van der Waals surface area contributed by atoms with E-state index in [-0.39, 0.29) is 18.3 Å². The van der Waals surface area contributed by atoms with Crippen LogP contribution in [0.15, 0.2) is 46.9 Å². The highest BCUT2D eigenvalue weighted by Gasteiger charge is 2.07. The van der Waals surface area contributed by atoms with Gasteiger partial charge in [-0.1, -0.05) is 28.1 Å². The number of rotatable bonds is 6. The zero-order valence-corrected chi connectivity index (χ0v) is 14.6. The van der Waals surface area contributed by atoms with Crippen LogP contribution < -0.4 is 15.0 Å². The first kappa shape index (κ1) is 17.3. The van der Waals surface area contributed by atoms with Gasteiger partial charge in [0.25, 0.3) is 5.91 Å². The molecule has 0 heterocycles. The fourth-order valence-corrected chi connectivity index (χ4v) is 2.23. The molecule has 0 aliphatic carbocycles. The summed E-state index contributed by atoms with van der Waals surface area (Å²) in [5.74, 6) is -0.755. The third kappa shape index (κ3) is 5.25. The molecule has 0 saturated heterocycles. The summed E-state index contributed by atoms with van der Waals surface area (Å²) >= 11 is 3.16. The Morgan fingerprint density at radius 2 is 1.91 bits per heavy atom. The van der Waals surface area contributed by atoms with Gasteiger partial charge in [-0.15, -0.1) is 0 Å². The van der Waals surface area contributed by atoms with E-state index in [4.69, 9.17) is 4.74 Å². The van der Waals surface area contributed by atoms with E-state index in [9.17, 15) is 9.18 Å². The Bertz CT molecular complexity index is 675. The minimum Gasteiger partial charge on any atom is -0.481 e. The molecule has 0 fully saturated rings. The number of carbonyl (C=O) groups excluding carboxylic acids is 1. The van der Waals surface area contributed by atoms with Crippen LogP contribution in [-0.4, -0.2) is 26.6 Å². The lowest BCUT2D eigenvalue weighted by molar-refractivity contribution is -0.123. The Morgan fingerprint density at radius 1 is 1.22 bits per heavy atom. The van der Waals surface area contributed by atoms with Crippen molar-refractivity contribution in [3.8, 4) is 5.75 Å². The van der Waals surface area contributed by atoms with E-state index >= 15 is 0 Å². The van der Waals surface area contributed by atoms with Crippen LogP contribution in [0.25, 0.3) is 0 Å². The molecule has 122 valence electrons. The molecule has 2 rings (SSSR count). The maximum atomic E-state index is 13.6. The summed E-state index contributed by atoms with van der Waals surface area (Å²) in [6, 6.07) is 12.3. The first-order valence-electron chi connectivity index (χ1n) is 7.06. The van der Waals surface area contributed by atoms with Crippen molar-refractivity contribution >= 4 is 27.5 Å². The lowest BCUT2D eigenvalue weighted by Crippen LogP contribution is -2.28. The van der Waals surface area contributed by atoms with Crippen molar-refractivity contribution in [1.29, 1.82) is 0 Å². The topological polar surface area (TPSA) is 41.6 Å². The standard InChI is InChI=1S/C17H18BrFN2O2/c1-21(2)14-6-3-12(4-7-14)10-20-17(22)11-23-16-8-5-13(18)9-15(16)19/h3-9H,10-11H2,1-2H3,(H,20,22). The smallest absolute Gasteiger partial charge is 0.258 e. The van der Waals surface area contributed by atoms with Crippen LogP contribution in [0.4, 0.5) is 10.1 Å². The second-order valence-corrected chi connectivity index (χ2v) is 6.12. The molecule has 0 unspecified atom stereocenters. The van der Waals surface area contributed by atoms with E-state index < -0.39 is 5.82 Å². The average Bonchev–Trinajstić information content (AvgIpc) is 2.52. The van der Waals surface area contributed by atoms with E-state index in [1.165, 1.54) is 12.1 Å². The molecule has 1 N–H and O–H groups in total. The molecular formula is C17H18BrFN2O2. The van der Waals surface area contributed by atoms with Crippen molar-refractivity contribution in [3.05, 3.63) is 58.3 Å². The number of hydrogen-bond acceptors (Lipinski definition) is 3. The summed E-state index contributed by atoms with van der Waals surface area (Å²) in [4.78, 5) is 13.8. The molecule has 0 aliphatic heterocycles. The predicted octanol–water partition coefficient (Wildman–Crippen LogP) is 3.35. The molecule has 2 aromatic carbocycles. The third-order valence-corrected chi connectivity index (χ3v) is 3.69. The number of ether oxygens (including phenoxy) is 1. The monoisotopic (exact) mass is 380 g/mol. The molecule has 0 aromatic heterocycles. The number of anilines is 1. The second kappa shape index (κ2) is 7.97. The number of halogens is 2. The highest BCUT2D eigenvalue weighted by atomic mass is 79.9. The van der Waals surface area contributed by atoms with Crippen molar-refractivity contribution in [1.82, 2.24) is 5.32 Å². The van der Waals surface area contributed by atoms with Crippen LogP contribution in [0.3, 0.4) is 0 Å². The number of nitrogens with one attached hydrogen (secondary N) is 1. The Morgan fingerprint density at radius 3 is 2.52 bits per heavy atom. The van der Waals surface area contributed by atoms with E-state index in [1.54, 1.807) is 6.07 Å². The number of amides is 1. The molecule has 4 nitrogen and oxygen atoms in total. The van der Waals surface area contributed by atoms with Gasteiger partial charge in [0.1, 0.15) is 0 Å². The molecule has 2 aromatic rings. The SMILES string of the molecule is CN(C)c1ccc(CNC(=O)COc2ccc(Br)cc2F)cc1. The number of benzene rings is 2. The van der Waals surface area contributed by atoms with Crippen molar-refractivity contribution < 1.29 is 13.9 Å². The summed E-state index contributed by atoms with van der Waals surface area (Å²) in [5.41, 5.74) is 2.08. The lowest BCUT2D eigenvalue weighted by Gasteiger charge is -2.13. The number of nitrogens with zero attached hydrogens (tertiary/aromatic N) is 1. The molecule has 23 heavy (non-hydrogen) atoms. The van der Waals surface area contributed by atoms with Crippen molar-refractivity contribution in [3.63, 3.8) is 0 Å². The summed E-state index contributed by atoms with van der Waals surface area (Å²) in [6.45, 7) is 0.174. The molecule has 0 aliphatic rings. The van der Waals surface area contributed by atoms with Crippen LogP contribution in [-0.2, 0) is 11.3 Å². The largest absolute Gasteiger partial charge is 0.481 e. The summed E-state index contributed by atoms with van der Waals surface area (Å²) in [5, 5.41) is 2.74. The average molecular weight is 381 g/mol. The molecule has 6 heteroatoms. The highest BCUT2D eigenvalue weighted by Crippen LogP contribution is 2.21. The number of carbonyl (C=O) groups is 1. The summed E-state index contributed by atoms with van der Waals surface area (Å²) in [6.07, 6.45) is 0. The normalized spacial score (nSPS) is 10.3. The quantitative estimate of drug-likeness (QED) is 0.835. The molecule has 1 amide bonds. The molecule has 0 spiro atoms. The van der Waals surface area contributed by atoms with Crippen LogP contribution in [0.1, 0.15) is 5.56 Å². The zero-order valence-electron chi connectivity index (χ0n) is 13.0. The van der Waals surface area contributed by atoms with E-state index in [0.717, 1.165) is 11.3 Å². The van der Waals surface area contributed by atoms with E-state index in [0.29, 0.717) is 11.0 Å². The highest BCUT2D eigenvalue weighted by molar-refractivity contribution is 9.10. The maximum absolute atomic E-state index is 13.6. The van der Waals surface area contributed by atoms with Gasteiger partial charge in [0.15, 0.2) is 18.2 Å². The van der Waals surface area contributed by atoms with Gasteiger partial charge in [-0.05, 0) is 35.9 Å². The molecule has 0 bridgehead atoms. The minimum absolute atomic E-state index is 0.0543. The predicted molar refractivity (Wildman–Crippen MR) is 92.2 cm³/mol. The van der Waals surface area contributed by atoms with Crippen molar-refractivity contribution in [2.24, 2.45) is 0 Å².